The number of allylic oxidation sites excluding steroid dienone is 2. The summed E-state index contributed by atoms with van der Waals surface area (Å²) in [5.74, 6) is 0.709. The van der Waals surface area contributed by atoms with Gasteiger partial charge in [-0.05, 0) is 18.9 Å². The van der Waals surface area contributed by atoms with Crippen LogP contribution in [0.5, 0.6) is 0 Å². The molecular weight excluding hydrogens is 112 g/mol. The van der Waals surface area contributed by atoms with Crippen molar-refractivity contribution in [2.75, 3.05) is 0 Å². The third-order valence-electron chi connectivity index (χ3n) is 0.962. The minimum absolute atomic E-state index is 0.229. The first-order valence-corrected chi connectivity index (χ1v) is 3.32. The number of ketones is 1. The molecule has 0 saturated heterocycles. The second-order valence-electron chi connectivity index (χ2n) is 2.56. The molecule has 0 N–H and O–H groups in total. The van der Waals surface area contributed by atoms with Crippen molar-refractivity contribution in [2.24, 2.45) is 5.92 Å². The van der Waals surface area contributed by atoms with Crippen molar-refractivity contribution in [1.29, 1.82) is 0 Å². The molecule has 0 aliphatic carbocycles. The zero-order valence-corrected chi connectivity index (χ0v) is 6.35. The smallest absolute Gasteiger partial charge is 0.155 e. The van der Waals surface area contributed by atoms with E-state index in [0.29, 0.717) is 12.3 Å². The summed E-state index contributed by atoms with van der Waals surface area (Å²) >= 11 is 0. The Labute approximate surface area is 56.8 Å². The molecule has 0 spiro atoms. The summed E-state index contributed by atoms with van der Waals surface area (Å²) in [6, 6.07) is 0. The lowest BCUT2D eigenvalue weighted by atomic mass is 10.1. The fraction of sp³-hybridized carbons (Fsp3) is 0.625. The monoisotopic (exact) mass is 126 g/mol. The van der Waals surface area contributed by atoms with Crippen LogP contribution >= 0.6 is 0 Å². The zero-order valence-electron chi connectivity index (χ0n) is 6.35. The molecule has 0 amide bonds. The summed E-state index contributed by atoms with van der Waals surface area (Å²) in [7, 11) is 0. The highest BCUT2D eigenvalue weighted by atomic mass is 16.1. The Morgan fingerprint density at radius 2 is 2.11 bits per heavy atom. The van der Waals surface area contributed by atoms with Crippen LogP contribution in [0, 0.1) is 5.92 Å². The molecule has 0 radical (unpaired) electrons. The highest BCUT2D eigenvalue weighted by molar-refractivity contribution is 5.89. The molecule has 1 heteroatoms. The summed E-state index contributed by atoms with van der Waals surface area (Å²) < 4.78 is 0. The Balaban J connectivity index is 3.51. The molecule has 0 aromatic carbocycles. The van der Waals surface area contributed by atoms with E-state index in [0.717, 1.165) is 0 Å². The standard InChI is InChI=1S/C8H14O/c1-4-5-8(9)6-7(2)3/h4-5,7H,6H2,1-3H3. The number of carbonyl (C=O) groups is 1. The summed E-state index contributed by atoms with van der Waals surface area (Å²) in [4.78, 5) is 10.8. The third-order valence-corrected chi connectivity index (χ3v) is 0.962. The Kier molecular flexibility index (Phi) is 4.02. The van der Waals surface area contributed by atoms with E-state index in [-0.39, 0.29) is 5.78 Å². The Hall–Kier alpha value is -0.590. The van der Waals surface area contributed by atoms with Gasteiger partial charge < -0.3 is 0 Å². The van der Waals surface area contributed by atoms with Gasteiger partial charge in [0.05, 0.1) is 0 Å². The maximum Gasteiger partial charge on any atom is 0.155 e. The second kappa shape index (κ2) is 4.30. The van der Waals surface area contributed by atoms with Crippen LogP contribution in [0.1, 0.15) is 27.2 Å². The van der Waals surface area contributed by atoms with E-state index in [2.05, 4.69) is 0 Å². The summed E-state index contributed by atoms with van der Waals surface area (Å²) in [6.07, 6.45) is 4.08. The summed E-state index contributed by atoms with van der Waals surface area (Å²) in [5, 5.41) is 0. The van der Waals surface area contributed by atoms with Gasteiger partial charge in [0, 0.05) is 6.42 Å². The summed E-state index contributed by atoms with van der Waals surface area (Å²) in [5.41, 5.74) is 0. The minimum atomic E-state index is 0.229. The van der Waals surface area contributed by atoms with E-state index in [1.165, 1.54) is 0 Å². The van der Waals surface area contributed by atoms with Crippen molar-refractivity contribution in [3.05, 3.63) is 12.2 Å². The zero-order chi connectivity index (χ0) is 7.28. The van der Waals surface area contributed by atoms with Crippen LogP contribution in [0.2, 0.25) is 0 Å². The first-order chi connectivity index (χ1) is 4.16. The molecule has 0 aromatic heterocycles. The SMILES string of the molecule is CC=CC(=O)CC(C)C. The van der Waals surface area contributed by atoms with Crippen LogP contribution in [-0.4, -0.2) is 5.78 Å². The first kappa shape index (κ1) is 8.41. The number of carbonyl (C=O) groups excluding carboxylic acids is 1. The van der Waals surface area contributed by atoms with E-state index in [1.54, 1.807) is 12.2 Å². The maximum absolute atomic E-state index is 10.8. The average Bonchev–Trinajstić information content (AvgIpc) is 1.63. The molecule has 52 valence electrons. The van der Waals surface area contributed by atoms with E-state index < -0.39 is 0 Å². The topological polar surface area (TPSA) is 17.1 Å². The highest BCUT2D eigenvalue weighted by Crippen LogP contribution is 1.99. The molecule has 9 heavy (non-hydrogen) atoms. The quantitative estimate of drug-likeness (QED) is 0.530. The first-order valence-electron chi connectivity index (χ1n) is 3.32. The van der Waals surface area contributed by atoms with Crippen molar-refractivity contribution in [2.45, 2.75) is 27.2 Å². The predicted octanol–water partition coefficient (Wildman–Crippen LogP) is 2.18. The molecular formula is C8H14O. The molecule has 0 atom stereocenters. The van der Waals surface area contributed by atoms with E-state index in [1.807, 2.05) is 20.8 Å². The fourth-order valence-electron chi connectivity index (χ4n) is 0.656. The van der Waals surface area contributed by atoms with Crippen molar-refractivity contribution < 1.29 is 4.79 Å². The van der Waals surface area contributed by atoms with Gasteiger partial charge in [-0.15, -0.1) is 0 Å². The van der Waals surface area contributed by atoms with Gasteiger partial charge in [-0.1, -0.05) is 19.9 Å². The fourth-order valence-corrected chi connectivity index (χ4v) is 0.656. The average molecular weight is 126 g/mol. The molecule has 0 rings (SSSR count). The van der Waals surface area contributed by atoms with Crippen LogP contribution in [-0.2, 0) is 4.79 Å². The second-order valence-corrected chi connectivity index (χ2v) is 2.56. The molecule has 1 nitrogen and oxygen atoms in total. The van der Waals surface area contributed by atoms with E-state index >= 15 is 0 Å². The maximum atomic E-state index is 10.8. The molecule has 0 heterocycles. The van der Waals surface area contributed by atoms with Crippen molar-refractivity contribution in [3.63, 3.8) is 0 Å². The van der Waals surface area contributed by atoms with Gasteiger partial charge in [-0.2, -0.15) is 0 Å². The third kappa shape index (κ3) is 5.28. The Bertz CT molecular complexity index is 112. The molecule has 0 bridgehead atoms. The number of hydrogen-bond donors (Lipinski definition) is 0. The Morgan fingerprint density at radius 1 is 1.56 bits per heavy atom. The van der Waals surface area contributed by atoms with Gasteiger partial charge in [0.15, 0.2) is 5.78 Å². The lowest BCUT2D eigenvalue weighted by molar-refractivity contribution is -0.115. The molecule has 0 saturated carbocycles. The molecule has 0 aromatic rings. The van der Waals surface area contributed by atoms with Crippen LogP contribution in [0.25, 0.3) is 0 Å². The molecule has 0 aliphatic heterocycles. The van der Waals surface area contributed by atoms with Crippen molar-refractivity contribution in [3.8, 4) is 0 Å². The lowest BCUT2D eigenvalue weighted by Gasteiger charge is -1.97. The minimum Gasteiger partial charge on any atom is -0.295 e. The van der Waals surface area contributed by atoms with Crippen LogP contribution in [0.4, 0.5) is 0 Å². The van der Waals surface area contributed by atoms with Gasteiger partial charge in [0.2, 0.25) is 0 Å². The van der Waals surface area contributed by atoms with Crippen molar-refractivity contribution in [1.82, 2.24) is 0 Å². The highest BCUT2D eigenvalue weighted by Gasteiger charge is 1.98. The van der Waals surface area contributed by atoms with Crippen LogP contribution < -0.4 is 0 Å². The number of rotatable bonds is 3. The van der Waals surface area contributed by atoms with E-state index in [4.69, 9.17) is 0 Å². The largest absolute Gasteiger partial charge is 0.295 e. The molecule has 0 fully saturated rings. The summed E-state index contributed by atoms with van der Waals surface area (Å²) in [6.45, 7) is 5.95. The number of hydrogen-bond acceptors (Lipinski definition) is 1. The lowest BCUT2D eigenvalue weighted by Crippen LogP contribution is -1.97. The molecule has 0 aliphatic rings. The normalized spacial score (nSPS) is 11.1. The van der Waals surface area contributed by atoms with Gasteiger partial charge in [-0.25, -0.2) is 0 Å². The van der Waals surface area contributed by atoms with Crippen LogP contribution in [0.3, 0.4) is 0 Å². The van der Waals surface area contributed by atoms with Crippen molar-refractivity contribution >= 4 is 5.78 Å². The van der Waals surface area contributed by atoms with Gasteiger partial charge >= 0.3 is 0 Å². The van der Waals surface area contributed by atoms with Gasteiger partial charge in [0.25, 0.3) is 0 Å². The van der Waals surface area contributed by atoms with E-state index in [9.17, 15) is 4.79 Å². The van der Waals surface area contributed by atoms with Crippen LogP contribution in [0.15, 0.2) is 12.2 Å². The Morgan fingerprint density at radius 3 is 2.44 bits per heavy atom. The predicted molar refractivity (Wildman–Crippen MR) is 39.3 cm³/mol. The molecule has 0 unspecified atom stereocenters. The van der Waals surface area contributed by atoms with Gasteiger partial charge in [0.1, 0.15) is 0 Å². The van der Waals surface area contributed by atoms with Gasteiger partial charge in [-0.3, -0.25) is 4.79 Å².